The Hall–Kier alpha value is -3.29. The maximum Gasteiger partial charge on any atom is 0.394 e. The molecule has 2 rings (SSSR count). The summed E-state index contributed by atoms with van der Waals surface area (Å²) in [6, 6.07) is 12.2. The van der Waals surface area contributed by atoms with Gasteiger partial charge in [0.25, 0.3) is 11.4 Å². The molecule has 0 spiro atoms. The molecule has 12 nitrogen and oxygen atoms in total. The first-order chi connectivity index (χ1) is 11.4. The summed E-state index contributed by atoms with van der Waals surface area (Å²) in [6.07, 6.45) is 0. The van der Waals surface area contributed by atoms with Crippen LogP contribution in [-0.2, 0) is 10.4 Å². The molecular formula is C12H14N4O8S. The standard InChI is InChI=1S/2C6H6N2O2.H2O4S/c2*7-5-3-1-2-4-6(5)8(9)10;1-5(2,3)4/h2*1-4H,7H2;(H2,1,2,3,4). The molecule has 136 valence electrons. The normalized spacial score (nSPS) is 9.68. The van der Waals surface area contributed by atoms with Gasteiger partial charge in [-0.1, -0.05) is 24.3 Å². The number of hydrogen-bond acceptors (Lipinski definition) is 8. The maximum absolute atomic E-state index is 10.1. The number of nitrogens with zero attached hydrogens (tertiary/aromatic N) is 2. The number of para-hydroxylation sites is 4. The van der Waals surface area contributed by atoms with Crippen molar-refractivity contribution in [2.24, 2.45) is 0 Å². The van der Waals surface area contributed by atoms with Gasteiger partial charge in [0, 0.05) is 12.1 Å². The number of hydrogen-bond donors (Lipinski definition) is 4. The van der Waals surface area contributed by atoms with Crippen LogP contribution < -0.4 is 11.5 Å². The Morgan fingerprint density at radius 3 is 1.16 bits per heavy atom. The number of benzene rings is 2. The zero-order valence-electron chi connectivity index (χ0n) is 12.4. The quantitative estimate of drug-likeness (QED) is 0.258. The molecule has 0 heterocycles. The molecule has 0 amide bonds. The van der Waals surface area contributed by atoms with Crippen molar-refractivity contribution in [1.29, 1.82) is 0 Å². The Balaban J connectivity index is 0.000000368. The van der Waals surface area contributed by atoms with Crippen molar-refractivity contribution >= 4 is 33.1 Å². The monoisotopic (exact) mass is 374 g/mol. The predicted octanol–water partition coefficient (Wildman–Crippen LogP) is 1.70. The van der Waals surface area contributed by atoms with E-state index in [1.807, 2.05) is 0 Å². The summed E-state index contributed by atoms with van der Waals surface area (Å²) in [5.41, 5.74) is 10.9. The van der Waals surface area contributed by atoms with Crippen molar-refractivity contribution in [3.63, 3.8) is 0 Å². The molecule has 6 N–H and O–H groups in total. The molecule has 0 bridgehead atoms. The number of nitrogen functional groups attached to an aromatic ring is 2. The van der Waals surface area contributed by atoms with Crippen LogP contribution in [0.5, 0.6) is 0 Å². The number of nitro groups is 2. The van der Waals surface area contributed by atoms with Gasteiger partial charge in [-0.2, -0.15) is 8.42 Å². The Kier molecular flexibility index (Phi) is 8.48. The van der Waals surface area contributed by atoms with E-state index < -0.39 is 20.2 Å². The Morgan fingerprint density at radius 2 is 1.00 bits per heavy atom. The SMILES string of the molecule is Nc1ccccc1[N+](=O)[O-].Nc1ccccc1[N+](=O)[O-].O=S(=O)(O)O. The lowest BCUT2D eigenvalue weighted by molar-refractivity contribution is -0.384. The maximum atomic E-state index is 10.1. The van der Waals surface area contributed by atoms with Crippen molar-refractivity contribution in [1.82, 2.24) is 0 Å². The van der Waals surface area contributed by atoms with E-state index in [0.29, 0.717) is 0 Å². The minimum atomic E-state index is -4.67. The van der Waals surface area contributed by atoms with Gasteiger partial charge in [0.2, 0.25) is 0 Å². The first-order valence-corrected chi connectivity index (χ1v) is 7.51. The van der Waals surface area contributed by atoms with E-state index in [1.165, 1.54) is 24.3 Å². The van der Waals surface area contributed by atoms with Gasteiger partial charge in [-0.3, -0.25) is 29.3 Å². The largest absolute Gasteiger partial charge is 0.394 e. The van der Waals surface area contributed by atoms with Crippen molar-refractivity contribution < 1.29 is 27.4 Å². The van der Waals surface area contributed by atoms with Crippen LogP contribution in [-0.4, -0.2) is 27.4 Å². The molecule has 0 aliphatic rings. The van der Waals surface area contributed by atoms with Gasteiger partial charge >= 0.3 is 10.4 Å². The summed E-state index contributed by atoms with van der Waals surface area (Å²) >= 11 is 0. The predicted molar refractivity (Wildman–Crippen MR) is 89.2 cm³/mol. The van der Waals surface area contributed by atoms with E-state index in [2.05, 4.69) is 0 Å². The van der Waals surface area contributed by atoms with Gasteiger partial charge in [0.05, 0.1) is 9.85 Å². The molecular weight excluding hydrogens is 360 g/mol. The first kappa shape index (κ1) is 21.7. The minimum absolute atomic E-state index is 0.0394. The van der Waals surface area contributed by atoms with E-state index in [9.17, 15) is 20.2 Å². The summed E-state index contributed by atoms with van der Waals surface area (Å²) in [5.74, 6) is 0. The molecule has 0 unspecified atom stereocenters. The molecule has 0 aliphatic heterocycles. The summed E-state index contributed by atoms with van der Waals surface area (Å²) in [6.45, 7) is 0. The highest BCUT2D eigenvalue weighted by Gasteiger charge is 2.07. The molecule has 0 radical (unpaired) electrons. The van der Waals surface area contributed by atoms with E-state index in [-0.39, 0.29) is 22.7 Å². The highest BCUT2D eigenvalue weighted by Crippen LogP contribution is 2.19. The third kappa shape index (κ3) is 10.2. The Morgan fingerprint density at radius 1 is 0.760 bits per heavy atom. The smallest absolute Gasteiger partial charge is 0.393 e. The van der Waals surface area contributed by atoms with E-state index in [4.69, 9.17) is 29.0 Å². The Bertz CT molecular complexity index is 777. The molecule has 13 heteroatoms. The summed E-state index contributed by atoms with van der Waals surface area (Å²) < 4.78 is 31.6. The molecule has 2 aromatic rings. The topological polar surface area (TPSA) is 213 Å². The third-order valence-corrected chi connectivity index (χ3v) is 2.27. The first-order valence-electron chi connectivity index (χ1n) is 6.11. The lowest BCUT2D eigenvalue weighted by Gasteiger charge is -1.92. The second-order valence-electron chi connectivity index (χ2n) is 4.08. The molecule has 25 heavy (non-hydrogen) atoms. The van der Waals surface area contributed by atoms with Gasteiger partial charge in [-0.25, -0.2) is 0 Å². The highest BCUT2D eigenvalue weighted by molar-refractivity contribution is 7.79. The lowest BCUT2D eigenvalue weighted by atomic mass is 10.3. The van der Waals surface area contributed by atoms with E-state index >= 15 is 0 Å². The third-order valence-electron chi connectivity index (χ3n) is 2.27. The summed E-state index contributed by atoms with van der Waals surface area (Å²) in [4.78, 5) is 19.3. The van der Waals surface area contributed by atoms with Crippen LogP contribution >= 0.6 is 0 Å². The summed E-state index contributed by atoms with van der Waals surface area (Å²) in [7, 11) is -4.67. The fourth-order valence-corrected chi connectivity index (χ4v) is 1.31. The van der Waals surface area contributed by atoms with Crippen molar-refractivity contribution in [3.05, 3.63) is 68.8 Å². The van der Waals surface area contributed by atoms with Crippen LogP contribution in [0, 0.1) is 20.2 Å². The van der Waals surface area contributed by atoms with Crippen LogP contribution in [0.2, 0.25) is 0 Å². The van der Waals surface area contributed by atoms with Crippen LogP contribution in [0.1, 0.15) is 0 Å². The zero-order chi connectivity index (χ0) is 19.6. The van der Waals surface area contributed by atoms with Gasteiger partial charge in [0.15, 0.2) is 0 Å². The van der Waals surface area contributed by atoms with Crippen molar-refractivity contribution in [2.45, 2.75) is 0 Å². The van der Waals surface area contributed by atoms with E-state index in [1.54, 1.807) is 24.3 Å². The second-order valence-corrected chi connectivity index (χ2v) is 4.98. The van der Waals surface area contributed by atoms with Crippen molar-refractivity contribution in [3.8, 4) is 0 Å². The van der Waals surface area contributed by atoms with Crippen molar-refractivity contribution in [2.75, 3.05) is 11.5 Å². The zero-order valence-corrected chi connectivity index (χ0v) is 13.2. The lowest BCUT2D eigenvalue weighted by Crippen LogP contribution is -1.93. The molecule has 0 saturated heterocycles. The number of nitrogens with two attached hydrogens (primary N) is 2. The Labute approximate surface area is 141 Å². The fourth-order valence-electron chi connectivity index (χ4n) is 1.31. The molecule has 2 aromatic carbocycles. The van der Waals surface area contributed by atoms with E-state index in [0.717, 1.165) is 0 Å². The average molecular weight is 374 g/mol. The van der Waals surface area contributed by atoms with Crippen LogP contribution in [0.25, 0.3) is 0 Å². The van der Waals surface area contributed by atoms with Crippen LogP contribution in [0.4, 0.5) is 22.7 Å². The minimum Gasteiger partial charge on any atom is -0.393 e. The van der Waals surface area contributed by atoms with Gasteiger partial charge in [-0.15, -0.1) is 0 Å². The number of rotatable bonds is 2. The summed E-state index contributed by atoms with van der Waals surface area (Å²) in [5, 5.41) is 20.3. The molecule has 0 atom stereocenters. The molecule has 0 fully saturated rings. The molecule has 0 aliphatic carbocycles. The molecule has 0 aromatic heterocycles. The highest BCUT2D eigenvalue weighted by atomic mass is 32.3. The number of nitro benzene ring substituents is 2. The van der Waals surface area contributed by atoms with Gasteiger partial charge < -0.3 is 11.5 Å². The van der Waals surface area contributed by atoms with Gasteiger partial charge in [-0.05, 0) is 12.1 Å². The molecule has 0 saturated carbocycles. The number of anilines is 2. The van der Waals surface area contributed by atoms with Gasteiger partial charge in [0.1, 0.15) is 11.4 Å². The van der Waals surface area contributed by atoms with Crippen LogP contribution in [0.15, 0.2) is 48.5 Å². The van der Waals surface area contributed by atoms with Crippen LogP contribution in [0.3, 0.4) is 0 Å². The second kappa shape index (κ2) is 9.76. The fraction of sp³-hybridized carbons (Fsp3) is 0. The average Bonchev–Trinajstić information content (AvgIpc) is 2.46.